The van der Waals surface area contributed by atoms with E-state index in [4.69, 9.17) is 5.11 Å². The smallest absolute Gasteiger partial charge is 0.337 e. The molecule has 1 aliphatic heterocycles. The highest BCUT2D eigenvalue weighted by Crippen LogP contribution is 2.46. The highest BCUT2D eigenvalue weighted by atomic mass is 16.4. The van der Waals surface area contributed by atoms with Gasteiger partial charge in [0.15, 0.2) is 0 Å². The number of hydrogen-bond acceptors (Lipinski definition) is 3. The standard InChI is InChI=1S/C16H22N2O2/c19-15(20)13-3-4-14(17-11-13)12-18-9-7-16(8-10-18)5-1-2-6-16/h3-4,11H,1-2,5-10,12H2,(H,19,20). The Hall–Kier alpha value is -1.42. The molecule has 1 N–H and O–H groups in total. The van der Waals surface area contributed by atoms with Crippen LogP contribution in [0.15, 0.2) is 18.3 Å². The van der Waals surface area contributed by atoms with E-state index in [-0.39, 0.29) is 5.56 Å². The number of carboxylic acid groups (broad SMARTS) is 1. The maximum Gasteiger partial charge on any atom is 0.337 e. The Kier molecular flexibility index (Phi) is 3.74. The van der Waals surface area contributed by atoms with Crippen molar-refractivity contribution in [1.29, 1.82) is 0 Å². The first-order valence-electron chi connectivity index (χ1n) is 7.58. The summed E-state index contributed by atoms with van der Waals surface area (Å²) in [5, 5.41) is 8.86. The normalized spacial score (nSPS) is 22.2. The van der Waals surface area contributed by atoms with Gasteiger partial charge in [0.1, 0.15) is 0 Å². The number of carboxylic acids is 1. The van der Waals surface area contributed by atoms with Gasteiger partial charge in [0.25, 0.3) is 0 Å². The lowest BCUT2D eigenvalue weighted by atomic mass is 9.77. The molecule has 3 rings (SSSR count). The van der Waals surface area contributed by atoms with Crippen LogP contribution in [0.5, 0.6) is 0 Å². The number of likely N-dealkylation sites (tertiary alicyclic amines) is 1. The molecule has 20 heavy (non-hydrogen) atoms. The van der Waals surface area contributed by atoms with Gasteiger partial charge in [-0.15, -0.1) is 0 Å². The molecule has 1 aromatic heterocycles. The quantitative estimate of drug-likeness (QED) is 0.920. The predicted molar refractivity (Wildman–Crippen MR) is 76.6 cm³/mol. The minimum Gasteiger partial charge on any atom is -0.478 e. The summed E-state index contributed by atoms with van der Waals surface area (Å²) in [6, 6.07) is 3.48. The molecule has 2 aliphatic rings. The van der Waals surface area contributed by atoms with Crippen LogP contribution in [0.3, 0.4) is 0 Å². The molecule has 0 bridgehead atoms. The van der Waals surface area contributed by atoms with Crippen LogP contribution in [-0.4, -0.2) is 34.0 Å². The first-order valence-corrected chi connectivity index (χ1v) is 7.58. The van der Waals surface area contributed by atoms with Crippen LogP contribution in [0.1, 0.15) is 54.6 Å². The van der Waals surface area contributed by atoms with Gasteiger partial charge < -0.3 is 5.11 Å². The van der Waals surface area contributed by atoms with Gasteiger partial charge in [-0.1, -0.05) is 12.8 Å². The van der Waals surface area contributed by atoms with Gasteiger partial charge in [0.05, 0.1) is 11.3 Å². The third-order valence-electron chi connectivity index (χ3n) is 5.04. The van der Waals surface area contributed by atoms with Gasteiger partial charge in [0.2, 0.25) is 0 Å². The number of aromatic carboxylic acids is 1. The van der Waals surface area contributed by atoms with Crippen molar-refractivity contribution in [3.8, 4) is 0 Å². The van der Waals surface area contributed by atoms with Crippen molar-refractivity contribution in [2.24, 2.45) is 5.41 Å². The second-order valence-corrected chi connectivity index (χ2v) is 6.33. The fourth-order valence-corrected chi connectivity index (χ4v) is 3.68. The van der Waals surface area contributed by atoms with Crippen molar-refractivity contribution in [3.63, 3.8) is 0 Å². The summed E-state index contributed by atoms with van der Waals surface area (Å²) in [7, 11) is 0. The van der Waals surface area contributed by atoms with Crippen LogP contribution in [0.4, 0.5) is 0 Å². The van der Waals surface area contributed by atoms with E-state index in [1.165, 1.54) is 44.7 Å². The van der Waals surface area contributed by atoms with E-state index in [2.05, 4.69) is 9.88 Å². The molecule has 1 spiro atoms. The van der Waals surface area contributed by atoms with Gasteiger partial charge >= 0.3 is 5.97 Å². The van der Waals surface area contributed by atoms with Crippen molar-refractivity contribution in [3.05, 3.63) is 29.6 Å². The molecule has 2 fully saturated rings. The average Bonchev–Trinajstić information content (AvgIpc) is 2.91. The highest BCUT2D eigenvalue weighted by molar-refractivity contribution is 5.87. The Morgan fingerprint density at radius 3 is 2.45 bits per heavy atom. The molecule has 0 unspecified atom stereocenters. The fourth-order valence-electron chi connectivity index (χ4n) is 3.68. The second kappa shape index (κ2) is 5.52. The summed E-state index contributed by atoms with van der Waals surface area (Å²) in [5.74, 6) is -0.912. The third kappa shape index (κ3) is 2.85. The summed E-state index contributed by atoms with van der Waals surface area (Å²) >= 11 is 0. The molecule has 108 valence electrons. The maximum atomic E-state index is 10.8. The SMILES string of the molecule is O=C(O)c1ccc(CN2CCC3(CCCC3)CC2)nc1. The number of hydrogen-bond donors (Lipinski definition) is 1. The second-order valence-electron chi connectivity index (χ2n) is 6.33. The lowest BCUT2D eigenvalue weighted by molar-refractivity contribution is 0.0696. The first kappa shape index (κ1) is 13.6. The third-order valence-corrected chi connectivity index (χ3v) is 5.04. The number of pyridine rings is 1. The monoisotopic (exact) mass is 274 g/mol. The van der Waals surface area contributed by atoms with E-state index in [0.717, 1.165) is 25.3 Å². The van der Waals surface area contributed by atoms with Crippen molar-refractivity contribution in [2.45, 2.75) is 45.1 Å². The summed E-state index contributed by atoms with van der Waals surface area (Å²) in [5.41, 5.74) is 1.88. The number of piperidine rings is 1. The number of rotatable bonds is 3. The molecule has 1 saturated heterocycles. The zero-order valence-electron chi connectivity index (χ0n) is 11.8. The molecule has 0 amide bonds. The molecule has 2 heterocycles. The molecule has 0 atom stereocenters. The van der Waals surface area contributed by atoms with Crippen LogP contribution >= 0.6 is 0 Å². The maximum absolute atomic E-state index is 10.8. The Balaban J connectivity index is 1.55. The van der Waals surface area contributed by atoms with Crippen molar-refractivity contribution < 1.29 is 9.90 Å². The summed E-state index contributed by atoms with van der Waals surface area (Å²) in [6.07, 6.45) is 9.77. The van der Waals surface area contributed by atoms with Gasteiger partial charge in [0, 0.05) is 12.7 Å². The Bertz CT molecular complexity index is 468. The topological polar surface area (TPSA) is 53.4 Å². The number of carbonyl (C=O) groups is 1. The van der Waals surface area contributed by atoms with E-state index >= 15 is 0 Å². The number of nitrogens with zero attached hydrogens (tertiary/aromatic N) is 2. The van der Waals surface area contributed by atoms with Gasteiger partial charge in [-0.25, -0.2) is 4.79 Å². The van der Waals surface area contributed by atoms with Gasteiger partial charge in [-0.3, -0.25) is 9.88 Å². The fraction of sp³-hybridized carbons (Fsp3) is 0.625. The Labute approximate surface area is 119 Å². The number of aromatic nitrogens is 1. The molecule has 4 heteroatoms. The summed E-state index contributed by atoms with van der Waals surface area (Å²) in [4.78, 5) is 17.5. The van der Waals surface area contributed by atoms with E-state index in [1.807, 2.05) is 6.07 Å². The van der Waals surface area contributed by atoms with Crippen LogP contribution in [0.25, 0.3) is 0 Å². The summed E-state index contributed by atoms with van der Waals surface area (Å²) in [6.45, 7) is 3.15. The van der Waals surface area contributed by atoms with Crippen LogP contribution in [0, 0.1) is 5.41 Å². The highest BCUT2D eigenvalue weighted by Gasteiger charge is 2.36. The van der Waals surface area contributed by atoms with Gasteiger partial charge in [-0.2, -0.15) is 0 Å². The molecule has 0 radical (unpaired) electrons. The van der Waals surface area contributed by atoms with E-state index < -0.39 is 5.97 Å². The lowest BCUT2D eigenvalue weighted by Gasteiger charge is -2.39. The summed E-state index contributed by atoms with van der Waals surface area (Å²) < 4.78 is 0. The zero-order valence-corrected chi connectivity index (χ0v) is 11.8. The molecule has 4 nitrogen and oxygen atoms in total. The minimum absolute atomic E-state index is 0.261. The van der Waals surface area contributed by atoms with Gasteiger partial charge in [-0.05, 0) is 56.3 Å². The molecular formula is C16H22N2O2. The minimum atomic E-state index is -0.912. The molecule has 0 aromatic carbocycles. The molecule has 1 aliphatic carbocycles. The van der Waals surface area contributed by atoms with Crippen molar-refractivity contribution in [2.75, 3.05) is 13.1 Å². The molecule has 1 aromatic rings. The lowest BCUT2D eigenvalue weighted by Crippen LogP contribution is -2.38. The van der Waals surface area contributed by atoms with Crippen LogP contribution in [0.2, 0.25) is 0 Å². The first-order chi connectivity index (χ1) is 9.67. The van der Waals surface area contributed by atoms with E-state index in [1.54, 1.807) is 6.07 Å². The molecular weight excluding hydrogens is 252 g/mol. The average molecular weight is 274 g/mol. The zero-order chi connectivity index (χ0) is 14.0. The largest absolute Gasteiger partial charge is 0.478 e. The van der Waals surface area contributed by atoms with Crippen molar-refractivity contribution in [1.82, 2.24) is 9.88 Å². The van der Waals surface area contributed by atoms with Crippen LogP contribution < -0.4 is 0 Å². The van der Waals surface area contributed by atoms with E-state index in [9.17, 15) is 4.79 Å². The predicted octanol–water partition coefficient (Wildman–Crippen LogP) is 2.94. The Morgan fingerprint density at radius 1 is 1.20 bits per heavy atom. The van der Waals surface area contributed by atoms with E-state index in [0.29, 0.717) is 5.41 Å². The van der Waals surface area contributed by atoms with Crippen LogP contribution in [-0.2, 0) is 6.54 Å². The van der Waals surface area contributed by atoms with Crippen molar-refractivity contribution >= 4 is 5.97 Å². The molecule has 1 saturated carbocycles. The Morgan fingerprint density at radius 2 is 1.90 bits per heavy atom.